The zero-order valence-corrected chi connectivity index (χ0v) is 19.2. The summed E-state index contributed by atoms with van der Waals surface area (Å²) in [6.45, 7) is 6.35. The Morgan fingerprint density at radius 2 is 1.97 bits per heavy atom. The molecule has 0 aromatic rings. The van der Waals surface area contributed by atoms with Crippen LogP contribution in [-0.4, -0.2) is 51.7 Å². The number of hydrogen-bond donors (Lipinski definition) is 2. The van der Waals surface area contributed by atoms with Gasteiger partial charge in [0, 0.05) is 23.2 Å². The number of esters is 1. The van der Waals surface area contributed by atoms with Gasteiger partial charge in [-0.3, -0.25) is 14.4 Å². The number of allylic oxidation sites excluding steroid dienone is 4. The monoisotopic (exact) mass is 448 g/mol. The van der Waals surface area contributed by atoms with E-state index in [-0.39, 0.29) is 24.5 Å². The fourth-order valence-electron chi connectivity index (χ4n) is 7.50. The second-order valence-electron chi connectivity index (χ2n) is 10.6. The summed E-state index contributed by atoms with van der Waals surface area (Å²) >= 11 is 0. The van der Waals surface area contributed by atoms with Gasteiger partial charge in [0.25, 0.3) is 0 Å². The van der Waals surface area contributed by atoms with Crippen LogP contribution in [0.2, 0.25) is 0 Å². The highest BCUT2D eigenvalue weighted by Gasteiger charge is 2.75. The van der Waals surface area contributed by atoms with Crippen molar-refractivity contribution in [3.05, 3.63) is 23.8 Å². The van der Waals surface area contributed by atoms with E-state index < -0.39 is 58.4 Å². The lowest BCUT2D eigenvalue weighted by Crippen LogP contribution is -2.69. The van der Waals surface area contributed by atoms with Crippen molar-refractivity contribution in [2.75, 3.05) is 6.61 Å². The Labute approximate surface area is 187 Å². The highest BCUT2D eigenvalue weighted by Crippen LogP contribution is 2.70. The second-order valence-corrected chi connectivity index (χ2v) is 10.6. The summed E-state index contributed by atoms with van der Waals surface area (Å²) in [6.07, 6.45) is 4.42. The van der Waals surface area contributed by atoms with Crippen LogP contribution in [0.3, 0.4) is 0 Å². The topological polar surface area (TPSA) is 101 Å². The molecule has 2 N–H and O–H groups in total. The molecule has 8 atom stereocenters. The third-order valence-electron chi connectivity index (χ3n) is 9.30. The molecule has 32 heavy (non-hydrogen) atoms. The third-order valence-corrected chi connectivity index (χ3v) is 9.30. The average molecular weight is 449 g/mol. The van der Waals surface area contributed by atoms with Gasteiger partial charge < -0.3 is 14.9 Å². The Kier molecular flexibility index (Phi) is 5.33. The van der Waals surface area contributed by atoms with E-state index >= 15 is 4.39 Å². The number of aliphatic hydroxyl groups is 2. The maximum absolute atomic E-state index is 17.1. The Morgan fingerprint density at radius 3 is 2.62 bits per heavy atom. The molecule has 0 bridgehead atoms. The van der Waals surface area contributed by atoms with Gasteiger partial charge in [0.15, 0.2) is 18.1 Å². The summed E-state index contributed by atoms with van der Waals surface area (Å²) < 4.78 is 22.1. The zero-order valence-electron chi connectivity index (χ0n) is 19.2. The molecule has 0 heterocycles. The van der Waals surface area contributed by atoms with Crippen LogP contribution in [0.5, 0.6) is 0 Å². The first kappa shape index (κ1) is 23.3. The molecule has 3 fully saturated rings. The minimum atomic E-state index is -2.01. The van der Waals surface area contributed by atoms with Crippen molar-refractivity contribution in [1.82, 2.24) is 0 Å². The highest BCUT2D eigenvalue weighted by molar-refractivity contribution is 6.01. The average Bonchev–Trinajstić information content (AvgIpc) is 2.94. The molecule has 0 spiro atoms. The molecule has 3 saturated carbocycles. The molecule has 0 unspecified atom stereocenters. The number of alkyl halides is 1. The van der Waals surface area contributed by atoms with Crippen molar-refractivity contribution in [1.29, 1.82) is 0 Å². The standard InChI is InChI=1S/C25H33FO6/c1-5-21(30)32-13-20(29)25(31)14(2)10-18-17-7-6-15-11-16(27)8-9-22(15,3)24(17,26)19(28)12-23(18,25)4/h8-9,11,14,17-19,28,31H,5-7,10,12-13H2,1-4H3/t14-,17-,18-,19-,22-,23-,24-,25-/m0/s1. The van der Waals surface area contributed by atoms with E-state index in [1.165, 1.54) is 12.2 Å². The van der Waals surface area contributed by atoms with Crippen LogP contribution < -0.4 is 0 Å². The number of halogens is 1. The maximum Gasteiger partial charge on any atom is 0.305 e. The van der Waals surface area contributed by atoms with Gasteiger partial charge in [-0.15, -0.1) is 0 Å². The summed E-state index contributed by atoms with van der Waals surface area (Å²) in [6, 6.07) is 0. The quantitative estimate of drug-likeness (QED) is 0.642. The number of Topliss-reactive ketones (excluding diaryl/α,β-unsaturated/α-hetero) is 1. The van der Waals surface area contributed by atoms with Gasteiger partial charge in [-0.25, -0.2) is 4.39 Å². The molecule has 0 saturated heterocycles. The van der Waals surface area contributed by atoms with Gasteiger partial charge in [0.1, 0.15) is 5.60 Å². The molecule has 0 amide bonds. The fourth-order valence-corrected chi connectivity index (χ4v) is 7.50. The molecule has 6 nitrogen and oxygen atoms in total. The first-order chi connectivity index (χ1) is 14.9. The zero-order chi connectivity index (χ0) is 23.7. The first-order valence-electron chi connectivity index (χ1n) is 11.6. The van der Waals surface area contributed by atoms with Crippen LogP contribution in [0.15, 0.2) is 23.8 Å². The summed E-state index contributed by atoms with van der Waals surface area (Å²) in [5.74, 6) is -2.70. The van der Waals surface area contributed by atoms with Crippen molar-refractivity contribution in [3.63, 3.8) is 0 Å². The van der Waals surface area contributed by atoms with Crippen LogP contribution >= 0.6 is 0 Å². The number of ether oxygens (including phenoxy) is 1. The van der Waals surface area contributed by atoms with Crippen molar-refractivity contribution < 1.29 is 33.7 Å². The highest BCUT2D eigenvalue weighted by atomic mass is 19.1. The number of carbonyl (C=O) groups is 3. The third kappa shape index (κ3) is 2.73. The van der Waals surface area contributed by atoms with Crippen molar-refractivity contribution >= 4 is 17.5 Å². The van der Waals surface area contributed by atoms with E-state index in [0.717, 1.165) is 0 Å². The van der Waals surface area contributed by atoms with E-state index in [0.29, 0.717) is 24.8 Å². The van der Waals surface area contributed by atoms with Crippen LogP contribution in [0.4, 0.5) is 4.39 Å². The lowest BCUT2D eigenvalue weighted by atomic mass is 9.44. The van der Waals surface area contributed by atoms with E-state index in [1.54, 1.807) is 33.8 Å². The largest absolute Gasteiger partial charge is 0.458 e. The van der Waals surface area contributed by atoms with E-state index in [9.17, 15) is 24.6 Å². The van der Waals surface area contributed by atoms with Gasteiger partial charge in [-0.1, -0.05) is 32.4 Å². The van der Waals surface area contributed by atoms with Crippen molar-refractivity contribution in [3.8, 4) is 0 Å². The SMILES string of the molecule is CCC(=O)OCC(=O)[C@@]1(O)[C@@H](C)C[C@H]2[C@@H]3CCC4=CC(=O)C=C[C@]4(C)[C@@]3(F)[C@@H](O)C[C@@]21C. The lowest BCUT2D eigenvalue weighted by molar-refractivity contribution is -0.220. The molecule has 4 aliphatic rings. The Hall–Kier alpha value is -1.86. The molecule has 0 aromatic carbocycles. The van der Waals surface area contributed by atoms with Crippen molar-refractivity contribution in [2.45, 2.75) is 77.2 Å². The van der Waals surface area contributed by atoms with Gasteiger partial charge in [-0.05, 0) is 56.6 Å². The molecular formula is C25H33FO6. The van der Waals surface area contributed by atoms with Gasteiger partial charge in [0.05, 0.1) is 6.10 Å². The minimum absolute atomic E-state index is 0.0936. The van der Waals surface area contributed by atoms with Crippen LogP contribution in [0, 0.1) is 28.6 Å². The van der Waals surface area contributed by atoms with E-state index in [2.05, 4.69) is 0 Å². The smallest absolute Gasteiger partial charge is 0.305 e. The van der Waals surface area contributed by atoms with Crippen LogP contribution in [-0.2, 0) is 19.1 Å². The van der Waals surface area contributed by atoms with E-state index in [1.807, 2.05) is 0 Å². The van der Waals surface area contributed by atoms with Gasteiger partial charge >= 0.3 is 5.97 Å². The van der Waals surface area contributed by atoms with Crippen molar-refractivity contribution in [2.24, 2.45) is 28.6 Å². The van der Waals surface area contributed by atoms with Gasteiger partial charge in [0.2, 0.25) is 5.78 Å². The Bertz CT molecular complexity index is 925. The van der Waals surface area contributed by atoms with E-state index in [4.69, 9.17) is 4.74 Å². The minimum Gasteiger partial charge on any atom is -0.458 e. The Morgan fingerprint density at radius 1 is 1.28 bits per heavy atom. The predicted octanol–water partition coefficient (Wildman–Crippen LogP) is 2.86. The van der Waals surface area contributed by atoms with Crippen LogP contribution in [0.25, 0.3) is 0 Å². The number of rotatable bonds is 4. The number of carbonyl (C=O) groups excluding carboxylic acids is 3. The maximum atomic E-state index is 17.1. The van der Waals surface area contributed by atoms with Gasteiger partial charge in [-0.2, -0.15) is 0 Å². The summed E-state index contributed by atoms with van der Waals surface area (Å²) in [5.41, 5.74) is -5.33. The normalized spacial score (nSPS) is 47.2. The predicted molar refractivity (Wildman–Crippen MR) is 114 cm³/mol. The summed E-state index contributed by atoms with van der Waals surface area (Å²) in [5, 5.41) is 23.0. The molecule has 176 valence electrons. The summed E-state index contributed by atoms with van der Waals surface area (Å²) in [4.78, 5) is 36.7. The second kappa shape index (κ2) is 7.32. The molecule has 7 heteroatoms. The summed E-state index contributed by atoms with van der Waals surface area (Å²) in [7, 11) is 0. The lowest BCUT2D eigenvalue weighted by Gasteiger charge is -2.62. The Balaban J connectivity index is 1.73. The molecule has 4 aliphatic carbocycles. The molecule has 0 radical (unpaired) electrons. The molecular weight excluding hydrogens is 415 g/mol. The fraction of sp³-hybridized carbons (Fsp3) is 0.720. The van der Waals surface area contributed by atoms with Crippen LogP contribution in [0.1, 0.15) is 59.8 Å². The number of ketones is 2. The number of hydrogen-bond acceptors (Lipinski definition) is 6. The molecule has 0 aliphatic heterocycles. The number of aliphatic hydroxyl groups excluding tert-OH is 1. The first-order valence-corrected chi connectivity index (χ1v) is 11.6. The number of fused-ring (bicyclic) bond motifs is 5. The molecule has 4 rings (SSSR count). The molecule has 0 aromatic heterocycles.